The summed E-state index contributed by atoms with van der Waals surface area (Å²) < 4.78 is 5.32. The SMILES string of the molecule is COc1ccc(C=C2CC(C)Cc3c2nc2ccccc2c3C(=O)N2CCN(C(=O)C3CC3)CC2)cc1. The van der Waals surface area contributed by atoms with E-state index in [0.29, 0.717) is 32.1 Å². The van der Waals surface area contributed by atoms with Crippen LogP contribution in [0, 0.1) is 11.8 Å². The van der Waals surface area contributed by atoms with E-state index in [4.69, 9.17) is 9.72 Å². The number of nitrogens with zero attached hydrogens (tertiary/aromatic N) is 3. The fourth-order valence-corrected chi connectivity index (χ4v) is 5.76. The van der Waals surface area contributed by atoms with E-state index in [0.717, 1.165) is 64.7 Å². The molecule has 3 aliphatic rings. The predicted molar refractivity (Wildman–Crippen MR) is 145 cm³/mol. The summed E-state index contributed by atoms with van der Waals surface area (Å²) >= 11 is 0. The molecule has 1 saturated heterocycles. The molecule has 2 fully saturated rings. The monoisotopic (exact) mass is 495 g/mol. The number of piperazine rings is 1. The van der Waals surface area contributed by atoms with Gasteiger partial charge in [-0.3, -0.25) is 9.59 Å². The van der Waals surface area contributed by atoms with Gasteiger partial charge in [-0.05, 0) is 72.6 Å². The average Bonchev–Trinajstić information content (AvgIpc) is 3.77. The third-order valence-electron chi connectivity index (χ3n) is 7.89. The normalized spacial score (nSPS) is 20.7. The molecule has 190 valence electrons. The minimum absolute atomic E-state index is 0.0614. The smallest absolute Gasteiger partial charge is 0.255 e. The Morgan fingerprint density at radius 1 is 0.946 bits per heavy atom. The third kappa shape index (κ3) is 4.61. The fraction of sp³-hybridized carbons (Fsp3) is 0.387. The lowest BCUT2D eigenvalue weighted by Crippen LogP contribution is -2.51. The van der Waals surface area contributed by atoms with Gasteiger partial charge in [0, 0.05) is 37.5 Å². The number of carbonyl (C=O) groups excluding carboxylic acids is 2. The molecule has 0 radical (unpaired) electrons. The maximum Gasteiger partial charge on any atom is 0.255 e. The van der Waals surface area contributed by atoms with Gasteiger partial charge in [0.05, 0.1) is 23.9 Å². The molecule has 2 aromatic carbocycles. The van der Waals surface area contributed by atoms with Gasteiger partial charge in [-0.25, -0.2) is 4.98 Å². The number of amides is 2. The average molecular weight is 496 g/mol. The van der Waals surface area contributed by atoms with Crippen molar-refractivity contribution in [1.82, 2.24) is 14.8 Å². The molecule has 6 nitrogen and oxygen atoms in total. The van der Waals surface area contributed by atoms with Crippen LogP contribution >= 0.6 is 0 Å². The Kier molecular flexibility index (Phi) is 6.19. The van der Waals surface area contributed by atoms with Crippen LogP contribution in [-0.2, 0) is 11.2 Å². The van der Waals surface area contributed by atoms with Gasteiger partial charge in [0.25, 0.3) is 5.91 Å². The molecule has 6 rings (SSSR count). The Balaban J connectivity index is 1.38. The second-order valence-electron chi connectivity index (χ2n) is 10.7. The number of benzene rings is 2. The van der Waals surface area contributed by atoms with E-state index in [1.165, 1.54) is 5.57 Å². The highest BCUT2D eigenvalue weighted by molar-refractivity contribution is 6.09. The Hall–Kier alpha value is -3.67. The maximum atomic E-state index is 14.1. The van der Waals surface area contributed by atoms with Crippen molar-refractivity contribution in [2.45, 2.75) is 32.6 Å². The Morgan fingerprint density at radius 3 is 2.35 bits per heavy atom. The van der Waals surface area contributed by atoms with E-state index >= 15 is 0 Å². The molecule has 1 atom stereocenters. The van der Waals surface area contributed by atoms with Crippen LogP contribution < -0.4 is 4.74 Å². The number of fused-ring (bicyclic) bond motifs is 2. The topological polar surface area (TPSA) is 62.7 Å². The van der Waals surface area contributed by atoms with E-state index in [9.17, 15) is 9.59 Å². The molecule has 2 aliphatic carbocycles. The van der Waals surface area contributed by atoms with Gasteiger partial charge in [-0.2, -0.15) is 0 Å². The Labute approximate surface area is 217 Å². The summed E-state index contributed by atoms with van der Waals surface area (Å²) in [7, 11) is 1.67. The van der Waals surface area contributed by atoms with Gasteiger partial charge in [-0.1, -0.05) is 37.3 Å². The van der Waals surface area contributed by atoms with Gasteiger partial charge in [0.1, 0.15) is 5.75 Å². The molecule has 2 amide bonds. The summed E-state index contributed by atoms with van der Waals surface area (Å²) in [5.41, 5.74) is 5.89. The van der Waals surface area contributed by atoms with Crippen molar-refractivity contribution in [1.29, 1.82) is 0 Å². The number of carbonyl (C=O) groups is 2. The summed E-state index contributed by atoms with van der Waals surface area (Å²) in [6, 6.07) is 16.0. The van der Waals surface area contributed by atoms with Crippen molar-refractivity contribution in [3.05, 3.63) is 70.9 Å². The summed E-state index contributed by atoms with van der Waals surface area (Å²) in [6.45, 7) is 4.63. The molecule has 0 N–H and O–H groups in total. The number of pyridine rings is 1. The van der Waals surface area contributed by atoms with Gasteiger partial charge in [-0.15, -0.1) is 0 Å². The van der Waals surface area contributed by atoms with Gasteiger partial charge in [0.2, 0.25) is 5.91 Å². The zero-order chi connectivity index (χ0) is 25.5. The third-order valence-corrected chi connectivity index (χ3v) is 7.89. The molecule has 1 aliphatic heterocycles. The highest BCUT2D eigenvalue weighted by atomic mass is 16.5. The van der Waals surface area contributed by atoms with Crippen molar-refractivity contribution in [3.63, 3.8) is 0 Å². The molecule has 1 saturated carbocycles. The van der Waals surface area contributed by atoms with Crippen LogP contribution in [-0.4, -0.2) is 59.9 Å². The maximum absolute atomic E-state index is 14.1. The molecule has 0 spiro atoms. The highest BCUT2D eigenvalue weighted by Gasteiger charge is 2.36. The van der Waals surface area contributed by atoms with Crippen molar-refractivity contribution in [2.24, 2.45) is 11.8 Å². The van der Waals surface area contributed by atoms with Crippen LogP contribution in [0.1, 0.15) is 53.4 Å². The Morgan fingerprint density at radius 2 is 1.65 bits per heavy atom. The lowest BCUT2D eigenvalue weighted by molar-refractivity contribution is -0.134. The summed E-state index contributed by atoms with van der Waals surface area (Å²) in [5.74, 6) is 1.78. The van der Waals surface area contributed by atoms with Crippen LogP contribution in [0.15, 0.2) is 48.5 Å². The fourth-order valence-electron chi connectivity index (χ4n) is 5.76. The van der Waals surface area contributed by atoms with Gasteiger partial charge in [0.15, 0.2) is 0 Å². The number of hydrogen-bond donors (Lipinski definition) is 0. The lowest BCUT2D eigenvalue weighted by Gasteiger charge is -2.36. The molecule has 2 heterocycles. The van der Waals surface area contributed by atoms with Crippen molar-refractivity contribution >= 4 is 34.4 Å². The molecule has 1 unspecified atom stereocenters. The number of methoxy groups -OCH3 is 1. The number of para-hydroxylation sites is 1. The number of ether oxygens (including phenoxy) is 1. The van der Waals surface area contributed by atoms with E-state index in [1.807, 2.05) is 46.2 Å². The molecule has 3 aromatic rings. The first-order valence-corrected chi connectivity index (χ1v) is 13.4. The summed E-state index contributed by atoms with van der Waals surface area (Å²) in [5, 5.41) is 0.917. The molecular formula is C31H33N3O3. The minimum atomic E-state index is 0.0614. The molecule has 37 heavy (non-hydrogen) atoms. The number of rotatable bonds is 4. The lowest BCUT2D eigenvalue weighted by atomic mass is 9.80. The van der Waals surface area contributed by atoms with Gasteiger partial charge < -0.3 is 14.5 Å². The predicted octanol–water partition coefficient (Wildman–Crippen LogP) is 5.06. The number of aromatic nitrogens is 1. The Bertz CT molecular complexity index is 1380. The van der Waals surface area contributed by atoms with Crippen LogP contribution in [0.5, 0.6) is 5.75 Å². The first-order valence-electron chi connectivity index (χ1n) is 13.4. The number of hydrogen-bond acceptors (Lipinski definition) is 4. The zero-order valence-electron chi connectivity index (χ0n) is 21.6. The summed E-state index contributed by atoms with van der Waals surface area (Å²) in [6.07, 6.45) is 5.97. The quantitative estimate of drug-likeness (QED) is 0.508. The van der Waals surface area contributed by atoms with Crippen LogP contribution in [0.2, 0.25) is 0 Å². The molecule has 6 heteroatoms. The van der Waals surface area contributed by atoms with E-state index in [1.54, 1.807) is 7.11 Å². The van der Waals surface area contributed by atoms with Gasteiger partial charge >= 0.3 is 0 Å². The molecular weight excluding hydrogens is 462 g/mol. The zero-order valence-corrected chi connectivity index (χ0v) is 21.6. The largest absolute Gasteiger partial charge is 0.497 e. The van der Waals surface area contributed by atoms with E-state index in [2.05, 4.69) is 25.1 Å². The number of allylic oxidation sites excluding steroid dienone is 1. The second-order valence-corrected chi connectivity index (χ2v) is 10.7. The first-order chi connectivity index (χ1) is 18.0. The van der Waals surface area contributed by atoms with E-state index < -0.39 is 0 Å². The standard InChI is InChI=1S/C31H33N3O3/c1-20-17-23(19-21-7-11-24(37-2)12-8-21)29-26(18-20)28(25-5-3-4-6-27(25)32-29)31(36)34-15-13-33(14-16-34)30(35)22-9-10-22/h3-8,11-12,19-20,22H,9-10,13-18H2,1-2H3. The van der Waals surface area contributed by atoms with E-state index in [-0.39, 0.29) is 17.7 Å². The van der Waals surface area contributed by atoms with Crippen molar-refractivity contribution in [2.75, 3.05) is 33.3 Å². The van der Waals surface area contributed by atoms with Crippen LogP contribution in [0.25, 0.3) is 22.6 Å². The van der Waals surface area contributed by atoms with Crippen molar-refractivity contribution < 1.29 is 14.3 Å². The second kappa shape index (κ2) is 9.66. The van der Waals surface area contributed by atoms with Crippen LogP contribution in [0.4, 0.5) is 0 Å². The highest BCUT2D eigenvalue weighted by Crippen LogP contribution is 2.39. The summed E-state index contributed by atoms with van der Waals surface area (Å²) in [4.78, 5) is 35.6. The van der Waals surface area contributed by atoms with Crippen LogP contribution in [0.3, 0.4) is 0 Å². The first kappa shape index (κ1) is 23.7. The minimum Gasteiger partial charge on any atom is -0.497 e. The van der Waals surface area contributed by atoms with Crippen molar-refractivity contribution in [3.8, 4) is 5.75 Å². The molecule has 1 aromatic heterocycles. The molecule has 0 bridgehead atoms.